The van der Waals surface area contributed by atoms with Crippen molar-refractivity contribution in [3.05, 3.63) is 52.7 Å². The third-order valence-electron chi connectivity index (χ3n) is 4.54. The third-order valence-corrected chi connectivity index (χ3v) is 7.54. The van der Waals surface area contributed by atoms with Gasteiger partial charge in [0.25, 0.3) is 0 Å². The molecule has 11 heteroatoms. The average Bonchev–Trinajstić information content (AvgIpc) is 3.42. The van der Waals surface area contributed by atoms with Gasteiger partial charge < -0.3 is 10.4 Å². The van der Waals surface area contributed by atoms with Crippen LogP contribution in [-0.4, -0.2) is 45.8 Å². The zero-order chi connectivity index (χ0) is 22.2. The van der Waals surface area contributed by atoms with Crippen LogP contribution in [0, 0.1) is 13.8 Å². The number of anilines is 1. The second-order valence-corrected chi connectivity index (χ2v) is 11.2. The molecule has 0 amide bonds. The van der Waals surface area contributed by atoms with Crippen molar-refractivity contribution in [1.82, 2.24) is 19.7 Å². The Morgan fingerprint density at radius 3 is 2.55 bits per heavy atom. The van der Waals surface area contributed by atoms with Crippen LogP contribution in [0.3, 0.4) is 0 Å². The minimum atomic E-state index is -3.23. The minimum absolute atomic E-state index is 0.231. The zero-order valence-electron chi connectivity index (χ0n) is 17.1. The molecule has 8 nitrogen and oxygen atoms in total. The van der Waals surface area contributed by atoms with Crippen LogP contribution in [0.25, 0.3) is 21.7 Å². The fraction of sp³-hybridized carbons (Fsp3) is 0.250. The largest absolute Gasteiger partial charge is 0.372 e. The summed E-state index contributed by atoms with van der Waals surface area (Å²) in [6.07, 6.45) is 3.79. The highest BCUT2D eigenvalue weighted by Gasteiger charge is 2.14. The van der Waals surface area contributed by atoms with Crippen LogP contribution < -0.4 is 5.32 Å². The zero-order valence-corrected chi connectivity index (χ0v) is 19.6. The molecule has 1 atom stereocenters. The molecule has 1 aromatic carbocycles. The number of thiazole rings is 2. The third kappa shape index (κ3) is 5.01. The standard InChI is InChI=1S/C20H21N5O3S3/c1-12-19(30-13(2)22-12)17-11-29-20(23-17)24-18(26)10-25-9-15(8-21-25)14-4-6-16(7-5-14)31(3,27)28/h4-9,11,18,26H,10H2,1-3H3,(H,23,24). The lowest BCUT2D eigenvalue weighted by molar-refractivity contribution is 0.177. The van der Waals surface area contributed by atoms with Gasteiger partial charge in [0.15, 0.2) is 15.0 Å². The Balaban J connectivity index is 1.40. The number of nitrogens with one attached hydrogen (secondary N) is 1. The minimum Gasteiger partial charge on any atom is -0.372 e. The molecule has 0 aliphatic rings. The number of sulfone groups is 1. The molecular formula is C20H21N5O3S3. The molecule has 0 aliphatic heterocycles. The van der Waals surface area contributed by atoms with Gasteiger partial charge in [-0.15, -0.1) is 22.7 Å². The van der Waals surface area contributed by atoms with E-state index in [2.05, 4.69) is 20.4 Å². The molecule has 0 radical (unpaired) electrons. The summed E-state index contributed by atoms with van der Waals surface area (Å²) in [6.45, 7) is 4.16. The number of hydrogen-bond donors (Lipinski definition) is 2. The number of aromatic nitrogens is 4. The summed E-state index contributed by atoms with van der Waals surface area (Å²) >= 11 is 3.02. The second kappa shape index (κ2) is 8.50. The monoisotopic (exact) mass is 475 g/mol. The predicted octanol–water partition coefficient (Wildman–Crippen LogP) is 3.58. The van der Waals surface area contributed by atoms with Crippen LogP contribution >= 0.6 is 22.7 Å². The van der Waals surface area contributed by atoms with Crippen LogP contribution in [0.15, 0.2) is 46.9 Å². The SMILES string of the molecule is Cc1nc(C)c(-c2csc(NC(O)Cn3cc(-c4ccc(S(C)(=O)=O)cc4)cn3)n2)s1. The number of nitrogens with zero attached hydrogens (tertiary/aromatic N) is 4. The van der Waals surface area contributed by atoms with Gasteiger partial charge in [0, 0.05) is 23.4 Å². The van der Waals surface area contributed by atoms with Gasteiger partial charge in [0.05, 0.1) is 38.9 Å². The van der Waals surface area contributed by atoms with E-state index in [0.717, 1.165) is 32.4 Å². The molecule has 3 aromatic heterocycles. The van der Waals surface area contributed by atoms with E-state index in [1.54, 1.807) is 52.7 Å². The van der Waals surface area contributed by atoms with Gasteiger partial charge >= 0.3 is 0 Å². The second-order valence-electron chi connectivity index (χ2n) is 7.09. The molecule has 0 saturated heterocycles. The van der Waals surface area contributed by atoms with E-state index in [1.807, 2.05) is 19.2 Å². The Hall–Kier alpha value is -2.60. The lowest BCUT2D eigenvalue weighted by atomic mass is 10.1. The van der Waals surface area contributed by atoms with Crippen molar-refractivity contribution < 1.29 is 13.5 Å². The summed E-state index contributed by atoms with van der Waals surface area (Å²) in [4.78, 5) is 10.3. The van der Waals surface area contributed by atoms with Gasteiger partial charge in [-0.1, -0.05) is 12.1 Å². The van der Waals surface area contributed by atoms with Crippen LogP contribution in [0.1, 0.15) is 10.7 Å². The van der Waals surface area contributed by atoms with E-state index in [0.29, 0.717) is 5.13 Å². The molecular weight excluding hydrogens is 454 g/mol. The van der Waals surface area contributed by atoms with E-state index < -0.39 is 16.1 Å². The first-order chi connectivity index (χ1) is 14.7. The van der Waals surface area contributed by atoms with Crippen LogP contribution in [0.2, 0.25) is 0 Å². The summed E-state index contributed by atoms with van der Waals surface area (Å²) in [6, 6.07) is 6.63. The number of hydrogen-bond acceptors (Lipinski definition) is 9. The van der Waals surface area contributed by atoms with E-state index in [1.165, 1.54) is 17.6 Å². The van der Waals surface area contributed by atoms with Crippen molar-refractivity contribution in [3.63, 3.8) is 0 Å². The van der Waals surface area contributed by atoms with Crippen LogP contribution in [0.4, 0.5) is 5.13 Å². The predicted molar refractivity (Wildman–Crippen MR) is 123 cm³/mol. The number of aryl methyl sites for hydroxylation is 2. The van der Waals surface area contributed by atoms with E-state index in [-0.39, 0.29) is 11.4 Å². The van der Waals surface area contributed by atoms with Crippen molar-refractivity contribution in [3.8, 4) is 21.7 Å². The quantitative estimate of drug-likeness (QED) is 0.393. The van der Waals surface area contributed by atoms with Crippen molar-refractivity contribution in [2.45, 2.75) is 31.5 Å². The first kappa shape index (κ1) is 21.6. The molecule has 2 N–H and O–H groups in total. The number of benzene rings is 1. The average molecular weight is 476 g/mol. The normalized spacial score (nSPS) is 12.8. The van der Waals surface area contributed by atoms with Crippen molar-refractivity contribution in [2.75, 3.05) is 11.6 Å². The Morgan fingerprint density at radius 1 is 1.16 bits per heavy atom. The highest BCUT2D eigenvalue weighted by Crippen LogP contribution is 2.32. The Kier molecular flexibility index (Phi) is 5.93. The summed E-state index contributed by atoms with van der Waals surface area (Å²) in [5.74, 6) is 0. The van der Waals surface area contributed by atoms with Gasteiger partial charge in [-0.25, -0.2) is 18.4 Å². The van der Waals surface area contributed by atoms with Crippen molar-refractivity contribution in [2.24, 2.45) is 0 Å². The fourth-order valence-corrected chi connectivity index (χ4v) is 5.42. The molecule has 3 heterocycles. The van der Waals surface area contributed by atoms with Crippen molar-refractivity contribution >= 4 is 37.6 Å². The maximum absolute atomic E-state index is 11.6. The Bertz CT molecular complexity index is 1310. The van der Waals surface area contributed by atoms with Gasteiger partial charge in [0.1, 0.15) is 6.23 Å². The molecule has 0 aliphatic carbocycles. The van der Waals surface area contributed by atoms with Crippen LogP contribution in [-0.2, 0) is 16.4 Å². The first-order valence-corrected chi connectivity index (χ1v) is 13.0. The summed E-state index contributed by atoms with van der Waals surface area (Å²) in [7, 11) is -3.23. The highest BCUT2D eigenvalue weighted by molar-refractivity contribution is 7.90. The van der Waals surface area contributed by atoms with Crippen LogP contribution in [0.5, 0.6) is 0 Å². The number of rotatable bonds is 7. The lowest BCUT2D eigenvalue weighted by Crippen LogP contribution is -2.25. The Labute approximate surface area is 188 Å². The maximum atomic E-state index is 11.6. The number of aliphatic hydroxyl groups is 1. The highest BCUT2D eigenvalue weighted by atomic mass is 32.2. The topological polar surface area (TPSA) is 110 Å². The molecule has 0 fully saturated rings. The molecule has 4 rings (SSSR count). The van der Waals surface area contributed by atoms with Gasteiger partial charge in [-0.05, 0) is 31.5 Å². The van der Waals surface area contributed by atoms with Gasteiger partial charge in [0.2, 0.25) is 0 Å². The summed E-state index contributed by atoms with van der Waals surface area (Å²) in [5, 5.41) is 21.3. The lowest BCUT2D eigenvalue weighted by Gasteiger charge is -2.11. The van der Waals surface area contributed by atoms with Gasteiger partial charge in [-0.2, -0.15) is 5.10 Å². The molecule has 0 bridgehead atoms. The molecule has 1 unspecified atom stereocenters. The van der Waals surface area contributed by atoms with E-state index in [9.17, 15) is 13.5 Å². The fourth-order valence-electron chi connectivity index (χ4n) is 3.09. The Morgan fingerprint density at radius 2 is 1.90 bits per heavy atom. The number of aliphatic hydroxyl groups excluding tert-OH is 1. The molecule has 0 saturated carbocycles. The molecule has 162 valence electrons. The summed E-state index contributed by atoms with van der Waals surface area (Å²) < 4.78 is 24.8. The smallest absolute Gasteiger partial charge is 0.185 e. The van der Waals surface area contributed by atoms with E-state index in [4.69, 9.17) is 0 Å². The molecule has 31 heavy (non-hydrogen) atoms. The van der Waals surface area contributed by atoms with Crippen molar-refractivity contribution in [1.29, 1.82) is 0 Å². The first-order valence-electron chi connectivity index (χ1n) is 9.36. The maximum Gasteiger partial charge on any atom is 0.185 e. The molecule has 4 aromatic rings. The van der Waals surface area contributed by atoms with Gasteiger partial charge in [-0.3, -0.25) is 4.68 Å². The molecule has 0 spiro atoms. The summed E-state index contributed by atoms with van der Waals surface area (Å²) in [5.41, 5.74) is 3.48. The van der Waals surface area contributed by atoms with E-state index >= 15 is 0 Å².